The highest BCUT2D eigenvalue weighted by Gasteiger charge is 2.32. The monoisotopic (exact) mass is 228 g/mol. The standard InChI is InChI=1S/C8H9BrN2O/c9-8-6(10-3-4-11-8)7(12)5-1-2-5/h3-5,7,12H,1-2H2. The summed E-state index contributed by atoms with van der Waals surface area (Å²) in [7, 11) is 0. The van der Waals surface area contributed by atoms with Crippen LogP contribution in [0.5, 0.6) is 0 Å². The lowest BCUT2D eigenvalue weighted by Gasteiger charge is -2.08. The predicted molar refractivity (Wildman–Crippen MR) is 47.4 cm³/mol. The van der Waals surface area contributed by atoms with Crippen LogP contribution < -0.4 is 0 Å². The number of hydrogen-bond acceptors (Lipinski definition) is 3. The molecule has 0 saturated heterocycles. The van der Waals surface area contributed by atoms with Gasteiger partial charge in [0.25, 0.3) is 0 Å². The molecule has 0 radical (unpaired) electrons. The molecule has 1 fully saturated rings. The van der Waals surface area contributed by atoms with Crippen LogP contribution in [0.4, 0.5) is 0 Å². The van der Waals surface area contributed by atoms with Gasteiger partial charge in [0, 0.05) is 12.4 Å². The number of halogens is 1. The number of nitrogens with zero attached hydrogens (tertiary/aromatic N) is 2. The predicted octanol–water partition coefficient (Wildman–Crippen LogP) is 1.68. The molecule has 0 amide bonds. The first kappa shape index (κ1) is 8.13. The van der Waals surface area contributed by atoms with E-state index in [0.717, 1.165) is 12.8 Å². The number of aliphatic hydroxyl groups excluding tert-OH is 1. The lowest BCUT2D eigenvalue weighted by atomic mass is 10.2. The van der Waals surface area contributed by atoms with Gasteiger partial charge in [0.1, 0.15) is 16.4 Å². The molecule has 1 heterocycles. The van der Waals surface area contributed by atoms with Crippen molar-refractivity contribution in [2.75, 3.05) is 0 Å². The Balaban J connectivity index is 2.25. The quantitative estimate of drug-likeness (QED) is 0.839. The van der Waals surface area contributed by atoms with Gasteiger partial charge in [-0.25, -0.2) is 4.98 Å². The number of rotatable bonds is 2. The third-order valence-electron chi connectivity index (χ3n) is 2.03. The Morgan fingerprint density at radius 3 is 2.67 bits per heavy atom. The summed E-state index contributed by atoms with van der Waals surface area (Å²) in [6, 6.07) is 0. The second-order valence-electron chi connectivity index (χ2n) is 3.01. The maximum Gasteiger partial charge on any atom is 0.130 e. The van der Waals surface area contributed by atoms with E-state index in [4.69, 9.17) is 0 Å². The number of aliphatic hydroxyl groups is 1. The number of hydrogen-bond donors (Lipinski definition) is 1. The molecule has 1 aromatic rings. The van der Waals surface area contributed by atoms with Gasteiger partial charge < -0.3 is 5.11 Å². The average molecular weight is 229 g/mol. The summed E-state index contributed by atoms with van der Waals surface area (Å²) < 4.78 is 0.657. The Labute approximate surface area is 79.0 Å². The van der Waals surface area contributed by atoms with Crippen molar-refractivity contribution in [1.82, 2.24) is 9.97 Å². The van der Waals surface area contributed by atoms with E-state index in [2.05, 4.69) is 25.9 Å². The molecule has 12 heavy (non-hydrogen) atoms. The Hall–Kier alpha value is -0.480. The second-order valence-corrected chi connectivity index (χ2v) is 3.77. The highest BCUT2D eigenvalue weighted by molar-refractivity contribution is 9.10. The van der Waals surface area contributed by atoms with E-state index in [1.165, 1.54) is 0 Å². The smallest absolute Gasteiger partial charge is 0.130 e. The van der Waals surface area contributed by atoms with Gasteiger partial charge in [-0.3, -0.25) is 4.98 Å². The van der Waals surface area contributed by atoms with Gasteiger partial charge in [0.05, 0.1) is 0 Å². The van der Waals surface area contributed by atoms with E-state index in [1.807, 2.05) is 0 Å². The van der Waals surface area contributed by atoms with Crippen LogP contribution in [0, 0.1) is 5.92 Å². The molecule has 1 aliphatic carbocycles. The van der Waals surface area contributed by atoms with E-state index >= 15 is 0 Å². The molecular weight excluding hydrogens is 220 g/mol. The summed E-state index contributed by atoms with van der Waals surface area (Å²) in [5.41, 5.74) is 0.667. The van der Waals surface area contributed by atoms with Crippen LogP contribution in [-0.4, -0.2) is 15.1 Å². The fraction of sp³-hybridized carbons (Fsp3) is 0.500. The normalized spacial score (nSPS) is 19.2. The second kappa shape index (κ2) is 3.11. The van der Waals surface area contributed by atoms with Gasteiger partial charge in [-0.05, 0) is 34.7 Å². The van der Waals surface area contributed by atoms with E-state index in [9.17, 15) is 5.11 Å². The van der Waals surface area contributed by atoms with E-state index in [-0.39, 0.29) is 0 Å². The zero-order valence-electron chi connectivity index (χ0n) is 6.44. The Bertz CT molecular complexity index is 288. The first-order valence-electron chi connectivity index (χ1n) is 3.93. The molecule has 1 aromatic heterocycles. The minimum Gasteiger partial charge on any atom is -0.386 e. The van der Waals surface area contributed by atoms with Gasteiger partial charge in [0.2, 0.25) is 0 Å². The van der Waals surface area contributed by atoms with Crippen molar-refractivity contribution in [3.63, 3.8) is 0 Å². The van der Waals surface area contributed by atoms with Crippen molar-refractivity contribution in [1.29, 1.82) is 0 Å². The molecular formula is C8H9BrN2O. The molecule has 64 valence electrons. The molecule has 3 nitrogen and oxygen atoms in total. The molecule has 2 rings (SSSR count). The van der Waals surface area contributed by atoms with Crippen LogP contribution in [0.1, 0.15) is 24.6 Å². The molecule has 0 aliphatic heterocycles. The fourth-order valence-electron chi connectivity index (χ4n) is 1.17. The summed E-state index contributed by atoms with van der Waals surface area (Å²) >= 11 is 3.26. The molecule has 0 bridgehead atoms. The largest absolute Gasteiger partial charge is 0.386 e. The zero-order valence-corrected chi connectivity index (χ0v) is 8.03. The van der Waals surface area contributed by atoms with E-state index in [0.29, 0.717) is 16.2 Å². The van der Waals surface area contributed by atoms with Crippen LogP contribution in [0.2, 0.25) is 0 Å². The van der Waals surface area contributed by atoms with Gasteiger partial charge in [-0.2, -0.15) is 0 Å². The van der Waals surface area contributed by atoms with Crippen LogP contribution in [-0.2, 0) is 0 Å². The fourth-order valence-corrected chi connectivity index (χ4v) is 1.62. The highest BCUT2D eigenvalue weighted by atomic mass is 79.9. The first-order valence-corrected chi connectivity index (χ1v) is 4.73. The Morgan fingerprint density at radius 2 is 2.08 bits per heavy atom. The highest BCUT2D eigenvalue weighted by Crippen LogP contribution is 2.41. The van der Waals surface area contributed by atoms with Crippen molar-refractivity contribution >= 4 is 15.9 Å². The van der Waals surface area contributed by atoms with Gasteiger partial charge in [0.15, 0.2) is 0 Å². The molecule has 1 atom stereocenters. The Morgan fingerprint density at radius 1 is 1.42 bits per heavy atom. The third-order valence-corrected chi connectivity index (χ3v) is 2.64. The average Bonchev–Trinajstić information content (AvgIpc) is 2.86. The molecule has 4 heteroatoms. The van der Waals surface area contributed by atoms with Gasteiger partial charge in [-0.1, -0.05) is 0 Å². The molecule has 1 N–H and O–H groups in total. The van der Waals surface area contributed by atoms with Crippen LogP contribution in [0.15, 0.2) is 17.0 Å². The molecule has 1 aliphatic rings. The van der Waals surface area contributed by atoms with Crippen molar-refractivity contribution < 1.29 is 5.11 Å². The van der Waals surface area contributed by atoms with Crippen LogP contribution in [0.25, 0.3) is 0 Å². The summed E-state index contributed by atoms with van der Waals surface area (Å²) in [6.45, 7) is 0. The summed E-state index contributed by atoms with van der Waals surface area (Å²) in [6.07, 6.45) is 4.97. The lowest BCUT2D eigenvalue weighted by molar-refractivity contribution is 0.148. The minimum absolute atomic E-state index is 0.401. The molecule has 1 unspecified atom stereocenters. The summed E-state index contributed by atoms with van der Waals surface area (Å²) in [5.74, 6) is 0.401. The van der Waals surface area contributed by atoms with Crippen LogP contribution >= 0.6 is 15.9 Å². The first-order chi connectivity index (χ1) is 5.79. The van der Waals surface area contributed by atoms with Crippen molar-refractivity contribution in [2.24, 2.45) is 5.92 Å². The molecule has 0 spiro atoms. The Kier molecular flexibility index (Phi) is 2.11. The van der Waals surface area contributed by atoms with Crippen LogP contribution in [0.3, 0.4) is 0 Å². The minimum atomic E-state index is -0.437. The SMILES string of the molecule is OC(c1nccnc1Br)C1CC1. The van der Waals surface area contributed by atoms with E-state index in [1.54, 1.807) is 12.4 Å². The zero-order chi connectivity index (χ0) is 8.55. The molecule has 1 saturated carbocycles. The molecule has 0 aromatic carbocycles. The maximum atomic E-state index is 9.71. The van der Waals surface area contributed by atoms with Crippen molar-refractivity contribution in [2.45, 2.75) is 18.9 Å². The maximum absolute atomic E-state index is 9.71. The van der Waals surface area contributed by atoms with Crippen molar-refractivity contribution in [3.8, 4) is 0 Å². The van der Waals surface area contributed by atoms with E-state index < -0.39 is 6.10 Å². The topological polar surface area (TPSA) is 46.0 Å². The summed E-state index contributed by atoms with van der Waals surface area (Å²) in [4.78, 5) is 8.08. The van der Waals surface area contributed by atoms with Gasteiger partial charge in [-0.15, -0.1) is 0 Å². The van der Waals surface area contributed by atoms with Gasteiger partial charge >= 0.3 is 0 Å². The lowest BCUT2D eigenvalue weighted by Crippen LogP contribution is -2.04. The third kappa shape index (κ3) is 1.49. The van der Waals surface area contributed by atoms with Crippen molar-refractivity contribution in [3.05, 3.63) is 22.7 Å². The number of aromatic nitrogens is 2. The summed E-state index contributed by atoms with van der Waals surface area (Å²) in [5, 5.41) is 9.71.